The van der Waals surface area contributed by atoms with Crippen LogP contribution in [0, 0.1) is 47.3 Å². The third-order valence-electron chi connectivity index (χ3n) is 19.3. The van der Waals surface area contributed by atoms with Crippen LogP contribution in [0.3, 0.4) is 0 Å². The van der Waals surface area contributed by atoms with Crippen molar-refractivity contribution in [2.45, 2.75) is 295 Å². The van der Waals surface area contributed by atoms with Crippen molar-refractivity contribution >= 4 is 0 Å². The largest absolute Gasteiger partial charge is 0.378 e. The number of hydrogen-bond donors (Lipinski definition) is 0. The van der Waals surface area contributed by atoms with Crippen LogP contribution in [0.2, 0.25) is 0 Å². The summed E-state index contributed by atoms with van der Waals surface area (Å²) in [4.78, 5) is 6.61. The first-order valence-electron chi connectivity index (χ1n) is 28.2. The molecule has 0 bridgehead atoms. The fraction of sp³-hybridized carbons (Fsp3) is 1.00. The summed E-state index contributed by atoms with van der Waals surface area (Å²) < 4.78 is 27.7. The highest BCUT2D eigenvalue weighted by Gasteiger charge is 2.62. The minimum absolute atomic E-state index is 0.332. The number of ether oxygens (including phenoxy) is 4. The van der Waals surface area contributed by atoms with Crippen molar-refractivity contribution in [2.75, 3.05) is 13.2 Å². The third-order valence-corrected chi connectivity index (χ3v) is 19.3. The molecule has 6 nitrogen and oxygen atoms in total. The molecule has 8 aliphatic carbocycles. The molecular formula is C56H100N2O4. The van der Waals surface area contributed by atoms with Gasteiger partial charge in [0.1, 0.15) is 0 Å². The van der Waals surface area contributed by atoms with E-state index in [4.69, 9.17) is 18.9 Å². The van der Waals surface area contributed by atoms with Gasteiger partial charge in [-0.25, -0.2) is 0 Å². The SMILES string of the molecule is CCCCOC1CC(N(C2CCC(C)CC2)C2CCC(OC(C)C)CC2)C2CCC3C(OCCCC)CC(N(C4CCC(C)CC4)C4CCC(OC(C)C)CC4)C4CCC1C2C34. The van der Waals surface area contributed by atoms with Crippen LogP contribution < -0.4 is 0 Å². The summed E-state index contributed by atoms with van der Waals surface area (Å²) in [7, 11) is 0. The first-order valence-corrected chi connectivity index (χ1v) is 28.2. The van der Waals surface area contributed by atoms with Gasteiger partial charge in [-0.15, -0.1) is 0 Å². The van der Waals surface area contributed by atoms with E-state index in [2.05, 4.69) is 65.2 Å². The second kappa shape index (κ2) is 22.7. The molecule has 0 amide bonds. The third kappa shape index (κ3) is 11.2. The number of rotatable bonds is 18. The molecule has 0 aromatic carbocycles. The number of hydrogen-bond acceptors (Lipinski definition) is 6. The Kier molecular flexibility index (Phi) is 17.7. The highest BCUT2D eigenvalue weighted by atomic mass is 16.5. The standard InChI is InChI=1S/C56H100N2O4/c1-9-11-33-59-53-35-51(57(41-17-13-39(7)14-18-41)43-21-25-45(26-22-43)61-37(3)4)47-30-32-50-54(60-34-12-10-2)36-52(48-29-31-49(53)55(47)56(48)50)58(42-19-15-40(8)16-20-42)44-23-27-46(28-24-44)62-38(5)6/h37-56H,9-36H2,1-8H3. The van der Waals surface area contributed by atoms with Crippen LogP contribution in [-0.2, 0) is 18.9 Å². The van der Waals surface area contributed by atoms with Crippen LogP contribution in [-0.4, -0.2) is 95.9 Å². The molecule has 6 heteroatoms. The Morgan fingerprint density at radius 3 is 1.06 bits per heavy atom. The zero-order valence-electron chi connectivity index (χ0n) is 41.9. The second-order valence-corrected chi connectivity index (χ2v) is 24.0. The summed E-state index contributed by atoms with van der Waals surface area (Å²) in [6, 6.07) is 4.24. The summed E-state index contributed by atoms with van der Waals surface area (Å²) in [5.41, 5.74) is 0. The van der Waals surface area contributed by atoms with Crippen molar-refractivity contribution in [3.63, 3.8) is 0 Å². The normalized spacial score (nSPS) is 43.9. The molecule has 62 heavy (non-hydrogen) atoms. The molecule has 0 aromatic rings. The van der Waals surface area contributed by atoms with Crippen molar-refractivity contribution < 1.29 is 18.9 Å². The van der Waals surface area contributed by atoms with Gasteiger partial charge in [-0.05, 0) is 229 Å². The number of nitrogens with zero attached hydrogens (tertiary/aromatic N) is 2. The van der Waals surface area contributed by atoms with E-state index < -0.39 is 0 Å². The predicted octanol–water partition coefficient (Wildman–Crippen LogP) is 13.4. The molecule has 0 radical (unpaired) electrons. The Balaban J connectivity index is 1.14. The fourth-order valence-electron chi connectivity index (χ4n) is 16.6. The van der Waals surface area contributed by atoms with Crippen LogP contribution in [0.1, 0.15) is 222 Å². The van der Waals surface area contributed by atoms with E-state index in [-0.39, 0.29) is 0 Å². The highest BCUT2D eigenvalue weighted by Crippen LogP contribution is 2.63. The molecule has 0 N–H and O–H groups in total. The maximum Gasteiger partial charge on any atom is 0.0621 e. The average molecular weight is 865 g/mol. The van der Waals surface area contributed by atoms with Gasteiger partial charge in [-0.2, -0.15) is 0 Å². The topological polar surface area (TPSA) is 43.4 Å². The van der Waals surface area contributed by atoms with E-state index >= 15 is 0 Å². The lowest BCUT2D eigenvalue weighted by atomic mass is 9.45. The maximum atomic E-state index is 7.33. The molecule has 0 saturated heterocycles. The van der Waals surface area contributed by atoms with Gasteiger partial charge in [0, 0.05) is 49.5 Å². The lowest BCUT2D eigenvalue weighted by Gasteiger charge is -2.66. The van der Waals surface area contributed by atoms with E-state index in [9.17, 15) is 0 Å². The molecule has 8 fully saturated rings. The Bertz CT molecular complexity index is 1200. The highest BCUT2D eigenvalue weighted by molar-refractivity contribution is 5.13. The van der Waals surface area contributed by atoms with E-state index in [0.29, 0.717) is 60.8 Å². The molecule has 10 atom stereocenters. The van der Waals surface area contributed by atoms with E-state index in [1.807, 2.05) is 0 Å². The monoisotopic (exact) mass is 865 g/mol. The first-order chi connectivity index (χ1) is 30.1. The molecular weight excluding hydrogens is 765 g/mol. The van der Waals surface area contributed by atoms with Gasteiger partial charge in [0.2, 0.25) is 0 Å². The molecule has 10 unspecified atom stereocenters. The molecule has 358 valence electrons. The predicted molar refractivity (Wildman–Crippen MR) is 257 cm³/mol. The van der Waals surface area contributed by atoms with Gasteiger partial charge < -0.3 is 18.9 Å². The van der Waals surface area contributed by atoms with Gasteiger partial charge in [-0.3, -0.25) is 9.80 Å². The van der Waals surface area contributed by atoms with Gasteiger partial charge in [0.05, 0.1) is 36.6 Å². The van der Waals surface area contributed by atoms with Gasteiger partial charge >= 0.3 is 0 Å². The van der Waals surface area contributed by atoms with Crippen LogP contribution >= 0.6 is 0 Å². The van der Waals surface area contributed by atoms with Crippen LogP contribution in [0.5, 0.6) is 0 Å². The minimum Gasteiger partial charge on any atom is -0.378 e. The van der Waals surface area contributed by atoms with Gasteiger partial charge in [0.15, 0.2) is 0 Å². The Hall–Kier alpha value is -0.240. The molecule has 8 saturated carbocycles. The quantitative estimate of drug-likeness (QED) is 0.128. The molecule has 8 aliphatic rings. The lowest BCUT2D eigenvalue weighted by Crippen LogP contribution is -2.68. The van der Waals surface area contributed by atoms with Gasteiger partial charge in [0.25, 0.3) is 0 Å². The fourth-order valence-corrected chi connectivity index (χ4v) is 16.6. The summed E-state index contributed by atoms with van der Waals surface area (Å²) in [5, 5.41) is 0. The zero-order chi connectivity index (χ0) is 43.3. The smallest absolute Gasteiger partial charge is 0.0621 e. The Morgan fingerprint density at radius 2 is 0.742 bits per heavy atom. The van der Waals surface area contributed by atoms with Crippen LogP contribution in [0.15, 0.2) is 0 Å². The Morgan fingerprint density at radius 1 is 0.419 bits per heavy atom. The average Bonchev–Trinajstić information content (AvgIpc) is 3.26. The molecule has 8 rings (SSSR count). The number of unbranched alkanes of at least 4 members (excludes halogenated alkanes) is 2. The maximum absolute atomic E-state index is 7.33. The summed E-state index contributed by atoms with van der Waals surface area (Å²) in [6.07, 6.45) is 37.1. The van der Waals surface area contributed by atoms with Crippen LogP contribution in [0.4, 0.5) is 0 Å². The molecule has 0 aromatic heterocycles. The molecule has 0 heterocycles. The van der Waals surface area contributed by atoms with Crippen molar-refractivity contribution in [1.82, 2.24) is 9.80 Å². The minimum atomic E-state index is 0.332. The summed E-state index contributed by atoms with van der Waals surface area (Å²) in [6.45, 7) is 20.6. The van der Waals surface area contributed by atoms with Crippen LogP contribution in [0.25, 0.3) is 0 Å². The van der Waals surface area contributed by atoms with E-state index in [1.165, 1.54) is 167 Å². The van der Waals surface area contributed by atoms with Crippen molar-refractivity contribution in [3.05, 3.63) is 0 Å². The van der Waals surface area contributed by atoms with Gasteiger partial charge in [-0.1, -0.05) is 40.5 Å². The van der Waals surface area contributed by atoms with E-state index in [1.54, 1.807) is 0 Å². The summed E-state index contributed by atoms with van der Waals surface area (Å²) >= 11 is 0. The van der Waals surface area contributed by atoms with Crippen molar-refractivity contribution in [1.29, 1.82) is 0 Å². The second-order valence-electron chi connectivity index (χ2n) is 24.0. The van der Waals surface area contributed by atoms with Crippen molar-refractivity contribution in [2.24, 2.45) is 47.3 Å². The zero-order valence-corrected chi connectivity index (χ0v) is 41.9. The van der Waals surface area contributed by atoms with Crippen molar-refractivity contribution in [3.8, 4) is 0 Å². The Labute approximate surface area is 383 Å². The lowest BCUT2D eigenvalue weighted by molar-refractivity contribution is -0.212. The molecule has 0 aliphatic heterocycles. The summed E-state index contributed by atoms with van der Waals surface area (Å²) in [5.74, 6) is 6.40. The first kappa shape index (κ1) is 48.2. The van der Waals surface area contributed by atoms with E-state index in [0.717, 1.165) is 72.6 Å². The molecule has 0 spiro atoms.